The Labute approximate surface area is 202 Å². The van der Waals surface area contributed by atoms with Crippen LogP contribution in [0.4, 0.5) is 16.5 Å². The molecule has 0 spiro atoms. The molecule has 0 bridgehead atoms. The van der Waals surface area contributed by atoms with E-state index in [-0.39, 0.29) is 23.4 Å². The van der Waals surface area contributed by atoms with Crippen LogP contribution in [0, 0.1) is 6.92 Å². The number of hydrogen-bond acceptors (Lipinski definition) is 7. The van der Waals surface area contributed by atoms with Crippen LogP contribution < -0.4 is 14.5 Å². The largest absolute Gasteiger partial charge is 0.359 e. The zero-order chi connectivity index (χ0) is 23.2. The van der Waals surface area contributed by atoms with Crippen LogP contribution in [0.15, 0.2) is 47.4 Å². The van der Waals surface area contributed by atoms with E-state index in [4.69, 9.17) is 11.6 Å². The molecule has 0 saturated carbocycles. The molecule has 11 heteroatoms. The predicted molar refractivity (Wildman–Crippen MR) is 132 cm³/mol. The summed E-state index contributed by atoms with van der Waals surface area (Å²) in [6.07, 6.45) is 2.64. The van der Waals surface area contributed by atoms with Gasteiger partial charge in [-0.15, -0.1) is 10.2 Å². The van der Waals surface area contributed by atoms with Gasteiger partial charge in [0.1, 0.15) is 11.0 Å². The number of halogens is 1. The van der Waals surface area contributed by atoms with Crippen molar-refractivity contribution >= 4 is 55.4 Å². The Hall–Kier alpha value is -2.69. The highest BCUT2D eigenvalue weighted by atomic mass is 35.5. The van der Waals surface area contributed by atoms with Gasteiger partial charge in [0, 0.05) is 30.9 Å². The molecular weight excluding hydrogens is 482 g/mol. The molecular formula is C22H24ClN5O3S2. The van der Waals surface area contributed by atoms with Crippen LogP contribution in [0.5, 0.6) is 0 Å². The second kappa shape index (κ2) is 8.58. The molecule has 1 saturated heterocycles. The van der Waals surface area contributed by atoms with E-state index in [0.717, 1.165) is 25.1 Å². The van der Waals surface area contributed by atoms with Crippen molar-refractivity contribution in [1.82, 2.24) is 10.2 Å². The first kappa shape index (κ1) is 22.1. The highest BCUT2D eigenvalue weighted by Crippen LogP contribution is 2.35. The molecule has 174 valence electrons. The Kier molecular flexibility index (Phi) is 5.75. The molecule has 0 radical (unpaired) electrons. The zero-order valence-corrected chi connectivity index (χ0v) is 20.3. The van der Waals surface area contributed by atoms with Gasteiger partial charge in [0.25, 0.3) is 10.0 Å². The van der Waals surface area contributed by atoms with Crippen LogP contribution in [0.1, 0.15) is 24.8 Å². The van der Waals surface area contributed by atoms with Gasteiger partial charge < -0.3 is 9.80 Å². The van der Waals surface area contributed by atoms with E-state index in [1.165, 1.54) is 29.0 Å². The van der Waals surface area contributed by atoms with Gasteiger partial charge in [-0.3, -0.25) is 9.52 Å². The van der Waals surface area contributed by atoms with Crippen molar-refractivity contribution in [2.45, 2.75) is 37.1 Å². The minimum Gasteiger partial charge on any atom is -0.359 e. The lowest BCUT2D eigenvalue weighted by Gasteiger charge is -2.35. The first-order valence-electron chi connectivity index (χ1n) is 10.6. The van der Waals surface area contributed by atoms with E-state index < -0.39 is 10.0 Å². The number of nitrogens with one attached hydrogen (secondary N) is 1. The number of aromatic nitrogens is 2. The topological polar surface area (TPSA) is 95.5 Å². The molecule has 0 unspecified atom stereocenters. The number of rotatable bonds is 5. The molecule has 1 aromatic heterocycles. The first-order chi connectivity index (χ1) is 15.8. The average molecular weight is 506 g/mol. The molecule has 2 aliphatic heterocycles. The molecule has 0 aliphatic carbocycles. The fraction of sp³-hybridized carbons (Fsp3) is 0.318. The summed E-state index contributed by atoms with van der Waals surface area (Å²) in [5, 5.41) is 9.22. The van der Waals surface area contributed by atoms with Crippen LogP contribution >= 0.6 is 22.9 Å². The zero-order valence-electron chi connectivity index (χ0n) is 17.9. The average Bonchev–Trinajstić information content (AvgIpc) is 3.37. The summed E-state index contributed by atoms with van der Waals surface area (Å²) in [6.45, 7) is 3.16. The number of anilines is 3. The molecule has 1 N–H and O–H groups in total. The molecule has 1 atom stereocenters. The van der Waals surface area contributed by atoms with Crippen LogP contribution in [-0.2, 0) is 21.2 Å². The third-order valence-corrected chi connectivity index (χ3v) is 8.43. The Morgan fingerprint density at radius 2 is 1.94 bits per heavy atom. The van der Waals surface area contributed by atoms with Gasteiger partial charge >= 0.3 is 0 Å². The van der Waals surface area contributed by atoms with E-state index in [9.17, 15) is 13.2 Å². The smallest absolute Gasteiger partial charge is 0.263 e. The maximum absolute atomic E-state index is 13.3. The summed E-state index contributed by atoms with van der Waals surface area (Å²) in [5.74, 6) is 0.0240. The summed E-state index contributed by atoms with van der Waals surface area (Å²) >= 11 is 7.33. The number of hydrogen-bond donors (Lipinski definition) is 1. The van der Waals surface area contributed by atoms with Gasteiger partial charge in [0.15, 0.2) is 0 Å². The van der Waals surface area contributed by atoms with E-state index >= 15 is 0 Å². The summed E-state index contributed by atoms with van der Waals surface area (Å²) in [5.41, 5.74) is 2.93. The Bertz CT molecular complexity index is 1320. The molecule has 2 aromatic carbocycles. The van der Waals surface area contributed by atoms with Gasteiger partial charge in [-0.1, -0.05) is 22.9 Å². The highest BCUT2D eigenvalue weighted by molar-refractivity contribution is 7.93. The number of carbonyl (C=O) groups excluding carboxylic acids is 1. The van der Waals surface area contributed by atoms with E-state index in [1.54, 1.807) is 24.0 Å². The number of amides is 1. The standard InChI is InChI=1S/C22H22ClN5O3S2.H2/c1-14-24-25-22(32-14)26-33(30,31)18-7-5-17(6-8-18)27-12-10-20(21(27)29)28-11-2-3-15-13-16(23)4-9-19(15)28;/h4-9,13,20H,2-3,10-12H2,1H3,(H,25,26);1H/t20-;/m0./s1. The van der Waals surface area contributed by atoms with E-state index in [1.807, 2.05) is 18.2 Å². The fourth-order valence-corrected chi connectivity index (χ4v) is 6.46. The molecule has 5 rings (SSSR count). The summed E-state index contributed by atoms with van der Waals surface area (Å²) in [4.78, 5) is 17.3. The van der Waals surface area contributed by atoms with Gasteiger partial charge in [0.2, 0.25) is 11.0 Å². The van der Waals surface area contributed by atoms with Gasteiger partial charge in [-0.2, -0.15) is 0 Å². The van der Waals surface area contributed by atoms with E-state index in [2.05, 4.69) is 19.8 Å². The number of sulfonamides is 1. The molecule has 8 nitrogen and oxygen atoms in total. The van der Waals surface area contributed by atoms with Crippen molar-refractivity contribution in [3.05, 3.63) is 58.1 Å². The second-order valence-corrected chi connectivity index (χ2v) is 11.4. The van der Waals surface area contributed by atoms with Crippen LogP contribution in [0.2, 0.25) is 5.02 Å². The molecule has 2 aliphatic rings. The Morgan fingerprint density at radius 1 is 1.15 bits per heavy atom. The van der Waals surface area contributed by atoms with Gasteiger partial charge in [-0.05, 0) is 74.2 Å². The molecule has 3 heterocycles. The maximum atomic E-state index is 13.3. The van der Waals surface area contributed by atoms with Crippen molar-refractivity contribution in [1.29, 1.82) is 0 Å². The molecule has 1 amide bonds. The first-order valence-corrected chi connectivity index (χ1v) is 13.3. The summed E-state index contributed by atoms with van der Waals surface area (Å²) < 4.78 is 27.7. The normalized spacial score (nSPS) is 18.5. The number of fused-ring (bicyclic) bond motifs is 1. The summed E-state index contributed by atoms with van der Waals surface area (Å²) in [6, 6.07) is 12.0. The molecule has 33 heavy (non-hydrogen) atoms. The predicted octanol–water partition coefficient (Wildman–Crippen LogP) is 4.10. The SMILES string of the molecule is Cc1nnc(NS(=O)(=O)c2ccc(N3CC[C@H](N4CCCc5cc(Cl)ccc54)C3=O)cc2)s1.[HH]. The van der Waals surface area contributed by atoms with Crippen LogP contribution in [-0.4, -0.2) is 43.7 Å². The van der Waals surface area contributed by atoms with Crippen molar-refractivity contribution in [3.8, 4) is 0 Å². The van der Waals surface area contributed by atoms with Crippen molar-refractivity contribution in [2.24, 2.45) is 0 Å². The van der Waals surface area contributed by atoms with Crippen molar-refractivity contribution in [3.63, 3.8) is 0 Å². The fourth-order valence-electron chi connectivity index (χ4n) is 4.45. The lowest BCUT2D eigenvalue weighted by atomic mass is 9.99. The Balaban J connectivity index is 0.00000274. The number of carbonyl (C=O) groups is 1. The van der Waals surface area contributed by atoms with Gasteiger partial charge in [0.05, 0.1) is 4.90 Å². The number of aryl methyl sites for hydroxylation is 2. The monoisotopic (exact) mass is 505 g/mol. The van der Waals surface area contributed by atoms with Crippen molar-refractivity contribution < 1.29 is 14.6 Å². The maximum Gasteiger partial charge on any atom is 0.263 e. The van der Waals surface area contributed by atoms with E-state index in [0.29, 0.717) is 28.7 Å². The lowest BCUT2D eigenvalue weighted by molar-refractivity contribution is -0.118. The van der Waals surface area contributed by atoms with Crippen molar-refractivity contribution in [2.75, 3.05) is 27.6 Å². The van der Waals surface area contributed by atoms with Crippen LogP contribution in [0.3, 0.4) is 0 Å². The molecule has 1 fully saturated rings. The summed E-state index contributed by atoms with van der Waals surface area (Å²) in [7, 11) is -3.78. The number of benzene rings is 2. The highest BCUT2D eigenvalue weighted by Gasteiger charge is 2.38. The van der Waals surface area contributed by atoms with Crippen LogP contribution in [0.25, 0.3) is 0 Å². The molecule has 3 aromatic rings. The second-order valence-electron chi connectivity index (χ2n) is 8.09. The third kappa shape index (κ3) is 4.30. The quantitative estimate of drug-likeness (QED) is 0.560. The minimum absolute atomic E-state index is 0. The van der Waals surface area contributed by atoms with Gasteiger partial charge in [-0.25, -0.2) is 8.42 Å². The number of nitrogens with zero attached hydrogens (tertiary/aromatic N) is 4. The third-order valence-electron chi connectivity index (χ3n) is 5.96. The Morgan fingerprint density at radius 3 is 2.67 bits per heavy atom. The minimum atomic E-state index is -3.78. The lowest BCUT2D eigenvalue weighted by Crippen LogP contribution is -2.44.